The summed E-state index contributed by atoms with van der Waals surface area (Å²) < 4.78 is 5.55. The lowest BCUT2D eigenvalue weighted by atomic mass is 10.0. The van der Waals surface area contributed by atoms with Crippen LogP contribution in [0.15, 0.2) is 0 Å². The van der Waals surface area contributed by atoms with E-state index in [0.29, 0.717) is 0 Å². The number of hydrogen-bond acceptors (Lipinski definition) is 3. The van der Waals surface area contributed by atoms with Crippen molar-refractivity contribution in [2.75, 3.05) is 13.1 Å². The predicted molar refractivity (Wildman–Crippen MR) is 57.6 cm³/mol. The molecule has 2 aliphatic rings. The van der Waals surface area contributed by atoms with Crippen molar-refractivity contribution in [3.8, 4) is 0 Å². The molecule has 2 N–H and O–H groups in total. The third kappa shape index (κ3) is 2.49. The van der Waals surface area contributed by atoms with Crippen LogP contribution in [0.4, 0.5) is 0 Å². The number of rotatable bonds is 2. The molecule has 86 valence electrons. The summed E-state index contributed by atoms with van der Waals surface area (Å²) in [5.74, 6) is 0.0607. The smallest absolute Gasteiger partial charge is 0.249 e. The summed E-state index contributed by atoms with van der Waals surface area (Å²) in [4.78, 5) is 11.9. The molecule has 4 heteroatoms. The Morgan fingerprint density at radius 1 is 1.53 bits per heavy atom. The third-order valence-electron chi connectivity index (χ3n) is 3.32. The molecule has 3 atom stereocenters. The van der Waals surface area contributed by atoms with Crippen molar-refractivity contribution in [2.45, 2.75) is 50.9 Å². The van der Waals surface area contributed by atoms with Gasteiger partial charge in [0.2, 0.25) is 5.91 Å². The monoisotopic (exact) mass is 212 g/mol. The van der Waals surface area contributed by atoms with E-state index in [0.717, 1.165) is 32.4 Å². The van der Waals surface area contributed by atoms with Crippen LogP contribution in [0.25, 0.3) is 0 Å². The van der Waals surface area contributed by atoms with E-state index >= 15 is 0 Å². The first kappa shape index (κ1) is 10.9. The summed E-state index contributed by atoms with van der Waals surface area (Å²) in [5.41, 5.74) is -0.0771. The van der Waals surface area contributed by atoms with Crippen molar-refractivity contribution in [1.29, 1.82) is 0 Å². The fourth-order valence-corrected chi connectivity index (χ4v) is 2.30. The minimum Gasteiger partial charge on any atom is -0.365 e. The van der Waals surface area contributed by atoms with Gasteiger partial charge in [-0.25, -0.2) is 0 Å². The Kier molecular flexibility index (Phi) is 2.98. The van der Waals surface area contributed by atoms with Gasteiger partial charge in [-0.15, -0.1) is 0 Å². The van der Waals surface area contributed by atoms with E-state index in [1.165, 1.54) is 0 Å². The highest BCUT2D eigenvalue weighted by molar-refractivity contribution is 5.81. The lowest BCUT2D eigenvalue weighted by molar-refractivity contribution is -0.133. The molecule has 3 unspecified atom stereocenters. The molecule has 0 spiro atoms. The molecule has 2 rings (SSSR count). The molecule has 0 aromatic carbocycles. The molecule has 0 radical (unpaired) electrons. The highest BCUT2D eigenvalue weighted by Crippen LogP contribution is 2.21. The van der Waals surface area contributed by atoms with Gasteiger partial charge in [0.25, 0.3) is 0 Å². The van der Waals surface area contributed by atoms with Gasteiger partial charge in [0.05, 0.1) is 11.6 Å². The molecule has 0 aromatic heterocycles. The fourth-order valence-electron chi connectivity index (χ4n) is 2.30. The van der Waals surface area contributed by atoms with Crippen LogP contribution in [0.2, 0.25) is 0 Å². The first-order valence-corrected chi connectivity index (χ1v) is 5.77. The molecule has 0 aromatic rings. The SMILES string of the molecule is CC1CCC(C(=O)NC2(C)CCNC2)O1. The van der Waals surface area contributed by atoms with Crippen molar-refractivity contribution in [3.63, 3.8) is 0 Å². The maximum absolute atomic E-state index is 11.9. The minimum atomic E-state index is -0.225. The third-order valence-corrected chi connectivity index (χ3v) is 3.32. The maximum atomic E-state index is 11.9. The predicted octanol–water partition coefficient (Wildman–Crippen LogP) is 0.422. The van der Waals surface area contributed by atoms with Crippen LogP contribution >= 0.6 is 0 Å². The van der Waals surface area contributed by atoms with Gasteiger partial charge in [0.15, 0.2) is 0 Å². The second-order valence-electron chi connectivity index (χ2n) is 4.99. The van der Waals surface area contributed by atoms with Gasteiger partial charge in [-0.1, -0.05) is 0 Å². The Bertz CT molecular complexity index is 249. The maximum Gasteiger partial charge on any atom is 0.249 e. The van der Waals surface area contributed by atoms with Crippen LogP contribution in [0.3, 0.4) is 0 Å². The zero-order valence-electron chi connectivity index (χ0n) is 9.51. The molecule has 15 heavy (non-hydrogen) atoms. The number of amides is 1. The molecule has 2 aliphatic heterocycles. The summed E-state index contributed by atoms with van der Waals surface area (Å²) in [6, 6.07) is 0. The second kappa shape index (κ2) is 4.10. The van der Waals surface area contributed by atoms with Crippen LogP contribution in [0, 0.1) is 0 Å². The zero-order valence-corrected chi connectivity index (χ0v) is 9.51. The number of nitrogens with one attached hydrogen (secondary N) is 2. The number of carbonyl (C=O) groups excluding carboxylic acids is 1. The molecule has 2 fully saturated rings. The van der Waals surface area contributed by atoms with Crippen LogP contribution < -0.4 is 10.6 Å². The van der Waals surface area contributed by atoms with Gasteiger partial charge in [-0.3, -0.25) is 4.79 Å². The lowest BCUT2D eigenvalue weighted by Crippen LogP contribution is -2.51. The van der Waals surface area contributed by atoms with E-state index in [-0.39, 0.29) is 23.7 Å². The Morgan fingerprint density at radius 3 is 2.87 bits per heavy atom. The van der Waals surface area contributed by atoms with Gasteiger partial charge in [0.1, 0.15) is 6.10 Å². The van der Waals surface area contributed by atoms with Crippen molar-refractivity contribution in [2.24, 2.45) is 0 Å². The van der Waals surface area contributed by atoms with Crippen molar-refractivity contribution in [3.05, 3.63) is 0 Å². The van der Waals surface area contributed by atoms with E-state index in [2.05, 4.69) is 17.6 Å². The van der Waals surface area contributed by atoms with Gasteiger partial charge in [-0.05, 0) is 39.7 Å². The van der Waals surface area contributed by atoms with Gasteiger partial charge < -0.3 is 15.4 Å². The Morgan fingerprint density at radius 2 is 2.33 bits per heavy atom. The molecular formula is C11H20N2O2. The first-order chi connectivity index (χ1) is 7.09. The van der Waals surface area contributed by atoms with E-state index in [1.807, 2.05) is 6.92 Å². The molecule has 2 saturated heterocycles. The molecule has 1 amide bonds. The average Bonchev–Trinajstić information content (AvgIpc) is 2.75. The molecule has 4 nitrogen and oxygen atoms in total. The number of carbonyl (C=O) groups is 1. The Balaban J connectivity index is 1.86. The topological polar surface area (TPSA) is 50.4 Å². The number of ether oxygens (including phenoxy) is 1. The van der Waals surface area contributed by atoms with Crippen LogP contribution in [0.1, 0.15) is 33.1 Å². The summed E-state index contributed by atoms with van der Waals surface area (Å²) >= 11 is 0. The summed E-state index contributed by atoms with van der Waals surface area (Å²) in [6.45, 7) is 5.95. The van der Waals surface area contributed by atoms with Gasteiger partial charge >= 0.3 is 0 Å². The second-order valence-corrected chi connectivity index (χ2v) is 4.99. The van der Waals surface area contributed by atoms with Gasteiger partial charge in [-0.2, -0.15) is 0 Å². The zero-order chi connectivity index (χ0) is 10.9. The molecule has 0 saturated carbocycles. The molecule has 0 bridgehead atoms. The normalized spacial score (nSPS) is 40.7. The van der Waals surface area contributed by atoms with Crippen LogP contribution in [-0.2, 0) is 9.53 Å². The molecule has 0 aliphatic carbocycles. The number of hydrogen-bond donors (Lipinski definition) is 2. The van der Waals surface area contributed by atoms with Crippen molar-refractivity contribution < 1.29 is 9.53 Å². The van der Waals surface area contributed by atoms with Crippen molar-refractivity contribution in [1.82, 2.24) is 10.6 Å². The highest BCUT2D eigenvalue weighted by atomic mass is 16.5. The van der Waals surface area contributed by atoms with Crippen LogP contribution in [0.5, 0.6) is 0 Å². The fraction of sp³-hybridized carbons (Fsp3) is 0.909. The highest BCUT2D eigenvalue weighted by Gasteiger charge is 2.35. The lowest BCUT2D eigenvalue weighted by Gasteiger charge is -2.26. The van der Waals surface area contributed by atoms with E-state index < -0.39 is 0 Å². The average molecular weight is 212 g/mol. The van der Waals surface area contributed by atoms with Crippen LogP contribution in [-0.4, -0.2) is 36.7 Å². The first-order valence-electron chi connectivity index (χ1n) is 5.77. The Hall–Kier alpha value is -0.610. The van der Waals surface area contributed by atoms with E-state index in [4.69, 9.17) is 4.74 Å². The van der Waals surface area contributed by atoms with Crippen molar-refractivity contribution >= 4 is 5.91 Å². The van der Waals surface area contributed by atoms with Gasteiger partial charge in [0, 0.05) is 6.54 Å². The Labute approximate surface area is 90.8 Å². The summed E-state index contributed by atoms with van der Waals surface area (Å²) in [6.07, 6.45) is 2.86. The largest absolute Gasteiger partial charge is 0.365 e. The standard InChI is InChI=1S/C11H20N2O2/c1-8-3-4-9(15-8)10(14)13-11(2)5-6-12-7-11/h8-9,12H,3-7H2,1-2H3,(H,13,14). The van der Waals surface area contributed by atoms with E-state index in [9.17, 15) is 4.79 Å². The quantitative estimate of drug-likeness (QED) is 0.697. The summed E-state index contributed by atoms with van der Waals surface area (Å²) in [7, 11) is 0. The van der Waals surface area contributed by atoms with E-state index in [1.54, 1.807) is 0 Å². The molecular weight excluding hydrogens is 192 g/mol. The minimum absolute atomic E-state index is 0.0607. The summed E-state index contributed by atoms with van der Waals surface area (Å²) in [5, 5.41) is 6.35. The molecule has 2 heterocycles.